The zero-order valence-electron chi connectivity index (χ0n) is 12.1. The second-order valence-electron chi connectivity index (χ2n) is 4.81. The molecule has 0 aliphatic heterocycles. The number of sulfonamides is 1. The Morgan fingerprint density at radius 2 is 1.74 bits per heavy atom. The van der Waals surface area contributed by atoms with E-state index in [9.17, 15) is 22.0 Å². The average Bonchev–Trinajstić information content (AvgIpc) is 2.45. The lowest BCUT2D eigenvalue weighted by molar-refractivity contribution is 0.104. The van der Waals surface area contributed by atoms with Gasteiger partial charge in [0.15, 0.2) is 5.78 Å². The summed E-state index contributed by atoms with van der Waals surface area (Å²) in [6, 6.07) is 8.84. The predicted molar refractivity (Wildman–Crippen MR) is 84.6 cm³/mol. The molecule has 0 radical (unpaired) electrons. The Kier molecular flexibility index (Phi) is 4.90. The molecule has 120 valence electrons. The van der Waals surface area contributed by atoms with Gasteiger partial charge in [0.1, 0.15) is 11.6 Å². The summed E-state index contributed by atoms with van der Waals surface area (Å²) in [6.07, 6.45) is 3.43. The summed E-state index contributed by atoms with van der Waals surface area (Å²) in [6.45, 7) is 0. The number of halogens is 2. The predicted octanol–water partition coefficient (Wildman–Crippen LogP) is 3.23. The van der Waals surface area contributed by atoms with Crippen molar-refractivity contribution in [1.82, 2.24) is 0 Å². The van der Waals surface area contributed by atoms with E-state index in [0.29, 0.717) is 11.3 Å². The van der Waals surface area contributed by atoms with E-state index in [1.165, 1.54) is 36.4 Å². The third-order valence-electron chi connectivity index (χ3n) is 2.85. The molecule has 0 amide bonds. The van der Waals surface area contributed by atoms with Gasteiger partial charge in [-0.2, -0.15) is 0 Å². The first-order valence-electron chi connectivity index (χ1n) is 6.50. The van der Waals surface area contributed by atoms with E-state index >= 15 is 0 Å². The molecule has 4 nitrogen and oxygen atoms in total. The Hall–Kier alpha value is -2.54. The number of allylic oxidation sites excluding steroid dienone is 1. The second kappa shape index (κ2) is 6.70. The number of anilines is 1. The number of carbonyl (C=O) groups excluding carboxylic acids is 1. The van der Waals surface area contributed by atoms with Crippen LogP contribution < -0.4 is 4.72 Å². The van der Waals surface area contributed by atoms with Gasteiger partial charge in [-0.05, 0) is 48.6 Å². The van der Waals surface area contributed by atoms with Crippen LogP contribution in [0.3, 0.4) is 0 Å². The van der Waals surface area contributed by atoms with Crippen LogP contribution in [0.4, 0.5) is 14.5 Å². The highest BCUT2D eigenvalue weighted by Gasteiger charge is 2.06. The van der Waals surface area contributed by atoms with Crippen LogP contribution in [0, 0.1) is 11.6 Å². The van der Waals surface area contributed by atoms with E-state index in [4.69, 9.17) is 0 Å². The number of hydrogen-bond donors (Lipinski definition) is 1. The van der Waals surface area contributed by atoms with Crippen molar-refractivity contribution in [3.63, 3.8) is 0 Å². The maximum atomic E-state index is 13.4. The molecular formula is C16H13F2NO3S. The molecule has 0 aliphatic rings. The summed E-state index contributed by atoms with van der Waals surface area (Å²) in [5.74, 6) is -1.85. The third-order valence-corrected chi connectivity index (χ3v) is 3.46. The van der Waals surface area contributed by atoms with Crippen LogP contribution in [0.25, 0.3) is 6.08 Å². The minimum atomic E-state index is -3.39. The Labute approximate surface area is 132 Å². The standard InChI is InChI=1S/C16H13F2NO3S/c1-23(21,22)19-14-7-3-12(4-8-14)16(20)9-5-11-2-6-13(17)10-15(11)18/h2-10,19H,1H3/b9-5+. The van der Waals surface area contributed by atoms with Crippen molar-refractivity contribution in [3.05, 3.63) is 71.3 Å². The van der Waals surface area contributed by atoms with Crippen molar-refractivity contribution in [2.75, 3.05) is 11.0 Å². The van der Waals surface area contributed by atoms with Crippen molar-refractivity contribution in [1.29, 1.82) is 0 Å². The lowest BCUT2D eigenvalue weighted by Gasteiger charge is -2.04. The van der Waals surface area contributed by atoms with Crippen LogP contribution in [0.5, 0.6) is 0 Å². The van der Waals surface area contributed by atoms with Crippen LogP contribution in [-0.2, 0) is 10.0 Å². The van der Waals surface area contributed by atoms with Crippen LogP contribution in [-0.4, -0.2) is 20.5 Å². The van der Waals surface area contributed by atoms with Gasteiger partial charge >= 0.3 is 0 Å². The number of carbonyl (C=O) groups is 1. The Balaban J connectivity index is 2.13. The molecule has 1 N–H and O–H groups in total. The molecule has 0 heterocycles. The van der Waals surface area contributed by atoms with Crippen molar-refractivity contribution in [2.24, 2.45) is 0 Å². The third kappa shape index (κ3) is 5.00. The summed E-state index contributed by atoms with van der Waals surface area (Å²) in [5.41, 5.74) is 0.732. The quantitative estimate of drug-likeness (QED) is 0.673. The van der Waals surface area contributed by atoms with Crippen molar-refractivity contribution < 1.29 is 22.0 Å². The molecule has 7 heteroatoms. The number of hydrogen-bond acceptors (Lipinski definition) is 3. The summed E-state index contributed by atoms with van der Waals surface area (Å²) < 4.78 is 50.7. The van der Waals surface area contributed by atoms with Crippen LogP contribution >= 0.6 is 0 Å². The van der Waals surface area contributed by atoms with Crippen LogP contribution in [0.15, 0.2) is 48.5 Å². The number of nitrogens with one attached hydrogen (secondary N) is 1. The topological polar surface area (TPSA) is 63.2 Å². The molecule has 2 rings (SSSR count). The second-order valence-corrected chi connectivity index (χ2v) is 6.56. The minimum Gasteiger partial charge on any atom is -0.289 e. The van der Waals surface area contributed by atoms with Gasteiger partial charge in [0, 0.05) is 22.9 Å². The van der Waals surface area contributed by atoms with E-state index in [1.807, 2.05) is 0 Å². The molecule has 0 spiro atoms. The fourth-order valence-corrected chi connectivity index (χ4v) is 2.38. The Morgan fingerprint density at radius 3 is 2.30 bits per heavy atom. The van der Waals surface area contributed by atoms with E-state index in [0.717, 1.165) is 24.5 Å². The molecule has 0 saturated carbocycles. The highest BCUT2D eigenvalue weighted by Crippen LogP contribution is 2.14. The first-order chi connectivity index (χ1) is 10.7. The Morgan fingerprint density at radius 1 is 1.09 bits per heavy atom. The molecular weight excluding hydrogens is 324 g/mol. The summed E-state index contributed by atoms with van der Waals surface area (Å²) in [5, 5.41) is 0. The molecule has 23 heavy (non-hydrogen) atoms. The maximum Gasteiger partial charge on any atom is 0.229 e. The fourth-order valence-electron chi connectivity index (χ4n) is 1.81. The highest BCUT2D eigenvalue weighted by atomic mass is 32.2. The van der Waals surface area contributed by atoms with E-state index in [-0.39, 0.29) is 11.3 Å². The molecule has 0 fully saturated rings. The molecule has 0 bridgehead atoms. The number of ketones is 1. The summed E-state index contributed by atoms with van der Waals surface area (Å²) in [4.78, 5) is 12.0. The first kappa shape index (κ1) is 16.8. The van der Waals surface area contributed by atoms with Gasteiger partial charge in [-0.25, -0.2) is 17.2 Å². The molecule has 2 aromatic carbocycles. The van der Waals surface area contributed by atoms with E-state index < -0.39 is 21.7 Å². The van der Waals surface area contributed by atoms with Gasteiger partial charge in [0.05, 0.1) is 6.26 Å². The largest absolute Gasteiger partial charge is 0.289 e. The molecule has 0 atom stereocenters. The van der Waals surface area contributed by atoms with E-state index in [2.05, 4.69) is 4.72 Å². The molecule has 0 saturated heterocycles. The molecule has 0 aromatic heterocycles. The fraction of sp³-hybridized carbons (Fsp3) is 0.0625. The summed E-state index contributed by atoms with van der Waals surface area (Å²) >= 11 is 0. The monoisotopic (exact) mass is 337 g/mol. The zero-order chi connectivity index (χ0) is 17.0. The van der Waals surface area contributed by atoms with Gasteiger partial charge in [-0.1, -0.05) is 0 Å². The number of rotatable bonds is 5. The lowest BCUT2D eigenvalue weighted by Crippen LogP contribution is -2.09. The smallest absolute Gasteiger partial charge is 0.229 e. The average molecular weight is 337 g/mol. The number of benzene rings is 2. The first-order valence-corrected chi connectivity index (χ1v) is 8.39. The Bertz CT molecular complexity index is 859. The van der Waals surface area contributed by atoms with Crippen LogP contribution in [0.1, 0.15) is 15.9 Å². The summed E-state index contributed by atoms with van der Waals surface area (Å²) in [7, 11) is -3.39. The maximum absolute atomic E-state index is 13.4. The SMILES string of the molecule is CS(=O)(=O)Nc1ccc(C(=O)/C=C/c2ccc(F)cc2F)cc1. The molecule has 0 aliphatic carbocycles. The highest BCUT2D eigenvalue weighted by molar-refractivity contribution is 7.92. The lowest BCUT2D eigenvalue weighted by atomic mass is 10.1. The molecule has 2 aromatic rings. The zero-order valence-corrected chi connectivity index (χ0v) is 12.9. The molecule has 0 unspecified atom stereocenters. The van der Waals surface area contributed by atoms with Gasteiger partial charge in [0.25, 0.3) is 0 Å². The minimum absolute atomic E-state index is 0.0927. The van der Waals surface area contributed by atoms with Gasteiger partial charge in [-0.15, -0.1) is 0 Å². The normalized spacial score (nSPS) is 11.6. The van der Waals surface area contributed by atoms with E-state index in [1.54, 1.807) is 0 Å². The van der Waals surface area contributed by atoms with Crippen molar-refractivity contribution in [2.45, 2.75) is 0 Å². The van der Waals surface area contributed by atoms with Crippen molar-refractivity contribution in [3.8, 4) is 0 Å². The van der Waals surface area contributed by atoms with Gasteiger partial charge in [-0.3, -0.25) is 9.52 Å². The van der Waals surface area contributed by atoms with Gasteiger partial charge in [0.2, 0.25) is 10.0 Å². The van der Waals surface area contributed by atoms with Gasteiger partial charge < -0.3 is 0 Å². The van der Waals surface area contributed by atoms with Crippen LogP contribution in [0.2, 0.25) is 0 Å². The van der Waals surface area contributed by atoms with Crippen molar-refractivity contribution >= 4 is 27.6 Å².